The molecule has 188 valence electrons. The zero-order valence-electron chi connectivity index (χ0n) is 19.6. The molecule has 0 radical (unpaired) electrons. The molecule has 0 saturated heterocycles. The summed E-state index contributed by atoms with van der Waals surface area (Å²) >= 11 is 0. The maximum atomic E-state index is 10.6. The number of hydrogen-bond donors (Lipinski definition) is 2. The number of rotatable bonds is 4. The van der Waals surface area contributed by atoms with Gasteiger partial charge in [0.05, 0.1) is 11.4 Å². The van der Waals surface area contributed by atoms with Crippen LogP contribution in [0.4, 0.5) is 24.8 Å². The Bertz CT molecular complexity index is 1550. The number of aryl methyl sites for hydroxylation is 2. The van der Waals surface area contributed by atoms with E-state index in [4.69, 9.17) is 14.9 Å². The van der Waals surface area contributed by atoms with Gasteiger partial charge in [0.1, 0.15) is 11.6 Å². The van der Waals surface area contributed by atoms with E-state index < -0.39 is 12.1 Å². The van der Waals surface area contributed by atoms with Crippen molar-refractivity contribution in [3.8, 4) is 16.9 Å². The van der Waals surface area contributed by atoms with Gasteiger partial charge in [-0.15, -0.1) is 0 Å². The molecule has 0 fully saturated rings. The van der Waals surface area contributed by atoms with Gasteiger partial charge in [-0.1, -0.05) is 24.3 Å². The lowest BCUT2D eigenvalue weighted by atomic mass is 10.1. The SMILES string of the molecule is Cc1nc(C)n(-c2ccc(Nc3nccc(-c4cncc5ccccc45)n3)cc2)n1.O=C(O)C(F)(F)F. The van der Waals surface area contributed by atoms with Crippen LogP contribution >= 0.6 is 0 Å². The van der Waals surface area contributed by atoms with Gasteiger partial charge >= 0.3 is 12.1 Å². The van der Waals surface area contributed by atoms with E-state index in [0.717, 1.165) is 45.1 Å². The van der Waals surface area contributed by atoms with Gasteiger partial charge < -0.3 is 10.4 Å². The van der Waals surface area contributed by atoms with Crippen LogP contribution in [0.5, 0.6) is 0 Å². The average molecular weight is 507 g/mol. The van der Waals surface area contributed by atoms with Crippen molar-refractivity contribution in [3.63, 3.8) is 0 Å². The van der Waals surface area contributed by atoms with E-state index in [0.29, 0.717) is 5.95 Å². The molecular formula is C25H20F3N7O2. The fraction of sp³-hybridized carbons (Fsp3) is 0.120. The Kier molecular flexibility index (Phi) is 7.09. The molecule has 0 unspecified atom stereocenters. The normalized spacial score (nSPS) is 11.1. The van der Waals surface area contributed by atoms with Crippen LogP contribution in [0.25, 0.3) is 27.7 Å². The highest BCUT2D eigenvalue weighted by Gasteiger charge is 2.38. The monoisotopic (exact) mass is 507 g/mol. The number of carboxylic acids is 1. The third-order valence-corrected chi connectivity index (χ3v) is 5.09. The second-order valence-corrected chi connectivity index (χ2v) is 7.77. The zero-order chi connectivity index (χ0) is 26.6. The van der Waals surface area contributed by atoms with Crippen LogP contribution in [0.2, 0.25) is 0 Å². The highest BCUT2D eigenvalue weighted by Crippen LogP contribution is 2.27. The Morgan fingerprint density at radius 1 is 0.973 bits per heavy atom. The molecule has 0 atom stereocenters. The van der Waals surface area contributed by atoms with Gasteiger partial charge in [0.15, 0.2) is 0 Å². The standard InChI is InChI=1S/C23H19N7.C2HF3O2/c1-15-26-16(2)30(29-15)19-9-7-18(8-10-19)27-23-25-12-11-22(28-23)21-14-24-13-17-5-3-4-6-20(17)21;3-2(4,5)1(6)7/h3-14H,1-2H3,(H,25,27,28);(H,6,7). The molecule has 3 aromatic heterocycles. The van der Waals surface area contributed by atoms with E-state index in [-0.39, 0.29) is 0 Å². The summed E-state index contributed by atoms with van der Waals surface area (Å²) in [5.41, 5.74) is 3.64. The first kappa shape index (κ1) is 25.2. The topological polar surface area (TPSA) is 119 Å². The first-order valence-corrected chi connectivity index (χ1v) is 10.9. The summed E-state index contributed by atoms with van der Waals surface area (Å²) in [5, 5.41) is 17.0. The minimum atomic E-state index is -5.08. The molecule has 0 spiro atoms. The summed E-state index contributed by atoms with van der Waals surface area (Å²) in [6, 6.07) is 18.0. The van der Waals surface area contributed by atoms with Crippen LogP contribution in [-0.2, 0) is 4.79 Å². The number of benzene rings is 2. The number of alkyl halides is 3. The smallest absolute Gasteiger partial charge is 0.475 e. The number of carboxylic acid groups (broad SMARTS) is 1. The molecule has 2 N–H and O–H groups in total. The average Bonchev–Trinajstić information content (AvgIpc) is 3.22. The van der Waals surface area contributed by atoms with Gasteiger partial charge in [0.2, 0.25) is 5.95 Å². The Balaban J connectivity index is 0.000000405. The number of aliphatic carboxylic acids is 1. The number of aromatic nitrogens is 6. The van der Waals surface area contributed by atoms with Gasteiger partial charge in [-0.2, -0.15) is 18.3 Å². The second kappa shape index (κ2) is 10.4. The van der Waals surface area contributed by atoms with Crippen LogP contribution in [0, 0.1) is 13.8 Å². The predicted molar refractivity (Wildman–Crippen MR) is 131 cm³/mol. The van der Waals surface area contributed by atoms with E-state index >= 15 is 0 Å². The molecule has 0 saturated carbocycles. The van der Waals surface area contributed by atoms with Crippen molar-refractivity contribution in [2.45, 2.75) is 20.0 Å². The van der Waals surface area contributed by atoms with E-state index in [2.05, 4.69) is 31.4 Å². The third-order valence-electron chi connectivity index (χ3n) is 5.09. The molecule has 12 heteroatoms. The Morgan fingerprint density at radius 2 is 1.68 bits per heavy atom. The van der Waals surface area contributed by atoms with Crippen LogP contribution in [0.3, 0.4) is 0 Å². The van der Waals surface area contributed by atoms with Crippen molar-refractivity contribution in [2.75, 3.05) is 5.32 Å². The number of fused-ring (bicyclic) bond motifs is 1. The van der Waals surface area contributed by atoms with Gasteiger partial charge in [0, 0.05) is 35.2 Å². The molecule has 0 aliphatic carbocycles. The van der Waals surface area contributed by atoms with Crippen molar-refractivity contribution in [1.29, 1.82) is 0 Å². The lowest BCUT2D eigenvalue weighted by Crippen LogP contribution is -2.21. The van der Waals surface area contributed by atoms with E-state index in [1.165, 1.54) is 0 Å². The molecule has 0 aliphatic heterocycles. The van der Waals surface area contributed by atoms with Gasteiger partial charge in [-0.05, 0) is 49.6 Å². The number of hydrogen-bond acceptors (Lipinski definition) is 7. The molecule has 5 aromatic rings. The third kappa shape index (κ3) is 6.04. The van der Waals surface area contributed by atoms with Crippen molar-refractivity contribution < 1.29 is 23.1 Å². The highest BCUT2D eigenvalue weighted by molar-refractivity contribution is 5.94. The molecule has 2 aromatic carbocycles. The summed E-state index contributed by atoms with van der Waals surface area (Å²) in [6.07, 6.45) is 0.368. The Morgan fingerprint density at radius 3 is 2.32 bits per heavy atom. The molecule has 0 amide bonds. The van der Waals surface area contributed by atoms with E-state index in [1.54, 1.807) is 6.20 Å². The number of halogens is 3. The van der Waals surface area contributed by atoms with Gasteiger partial charge in [-0.25, -0.2) is 24.4 Å². The number of nitrogens with one attached hydrogen (secondary N) is 1. The maximum Gasteiger partial charge on any atom is 0.490 e. The number of nitrogens with zero attached hydrogens (tertiary/aromatic N) is 6. The van der Waals surface area contributed by atoms with Crippen molar-refractivity contribution >= 4 is 28.4 Å². The van der Waals surface area contributed by atoms with E-state index in [9.17, 15) is 13.2 Å². The fourth-order valence-electron chi connectivity index (χ4n) is 3.47. The maximum absolute atomic E-state index is 10.6. The van der Waals surface area contributed by atoms with Crippen LogP contribution < -0.4 is 5.32 Å². The predicted octanol–water partition coefficient (Wildman–Crippen LogP) is 5.27. The minimum Gasteiger partial charge on any atom is -0.475 e. The molecule has 0 aliphatic rings. The highest BCUT2D eigenvalue weighted by atomic mass is 19.4. The van der Waals surface area contributed by atoms with Crippen LogP contribution in [-0.4, -0.2) is 47.0 Å². The van der Waals surface area contributed by atoms with Crippen molar-refractivity contribution in [3.05, 3.63) is 84.8 Å². The van der Waals surface area contributed by atoms with Crippen molar-refractivity contribution in [2.24, 2.45) is 0 Å². The largest absolute Gasteiger partial charge is 0.490 e. The first-order chi connectivity index (χ1) is 17.6. The summed E-state index contributed by atoms with van der Waals surface area (Å²) in [6.45, 7) is 3.82. The molecule has 37 heavy (non-hydrogen) atoms. The minimum absolute atomic E-state index is 0.529. The van der Waals surface area contributed by atoms with Crippen LogP contribution in [0.15, 0.2) is 73.2 Å². The number of anilines is 2. The molecular weight excluding hydrogens is 487 g/mol. The lowest BCUT2D eigenvalue weighted by Gasteiger charge is -2.09. The summed E-state index contributed by atoms with van der Waals surface area (Å²) in [5.74, 6) is -0.621. The quantitative estimate of drug-likeness (QED) is 0.338. The Labute approximate surface area is 208 Å². The van der Waals surface area contributed by atoms with Crippen LogP contribution in [0.1, 0.15) is 11.6 Å². The molecule has 0 bridgehead atoms. The van der Waals surface area contributed by atoms with Crippen molar-refractivity contribution in [1.82, 2.24) is 29.7 Å². The number of carbonyl (C=O) groups is 1. The summed E-state index contributed by atoms with van der Waals surface area (Å²) in [4.78, 5) is 26.7. The molecule has 5 rings (SSSR count). The van der Waals surface area contributed by atoms with Gasteiger partial charge in [-0.3, -0.25) is 4.98 Å². The summed E-state index contributed by atoms with van der Waals surface area (Å²) in [7, 11) is 0. The zero-order valence-corrected chi connectivity index (χ0v) is 19.6. The fourth-order valence-corrected chi connectivity index (χ4v) is 3.47. The van der Waals surface area contributed by atoms with E-state index in [1.807, 2.05) is 79.5 Å². The first-order valence-electron chi connectivity index (χ1n) is 10.9. The Hall–Kier alpha value is -4.87. The lowest BCUT2D eigenvalue weighted by molar-refractivity contribution is -0.192. The molecule has 9 nitrogen and oxygen atoms in total. The van der Waals surface area contributed by atoms with Gasteiger partial charge in [0.25, 0.3) is 0 Å². The second-order valence-electron chi connectivity index (χ2n) is 7.77. The number of pyridine rings is 1. The molecule has 3 heterocycles. The summed E-state index contributed by atoms with van der Waals surface area (Å²) < 4.78 is 33.6.